The molecule has 0 radical (unpaired) electrons. The van der Waals surface area contributed by atoms with Crippen molar-refractivity contribution >= 4 is 29.2 Å². The molecule has 2 aromatic carbocycles. The second-order valence-corrected chi connectivity index (χ2v) is 8.46. The van der Waals surface area contributed by atoms with Gasteiger partial charge in [-0.1, -0.05) is 48.0 Å². The summed E-state index contributed by atoms with van der Waals surface area (Å²) in [6.45, 7) is 6.97. The van der Waals surface area contributed by atoms with Crippen LogP contribution < -0.4 is 5.32 Å². The zero-order chi connectivity index (χ0) is 23.5. The Hall–Kier alpha value is -3.61. The third-order valence-electron chi connectivity index (χ3n) is 6.18. The number of carbonyl (C=O) groups excluding carboxylic acids is 3. The molecule has 1 N–H and O–H groups in total. The summed E-state index contributed by atoms with van der Waals surface area (Å²) in [5.41, 5.74) is 4.30. The van der Waals surface area contributed by atoms with Gasteiger partial charge in [0.1, 0.15) is 5.70 Å². The monoisotopic (exact) mass is 447 g/mol. The lowest BCUT2D eigenvalue weighted by Gasteiger charge is -2.35. The van der Waals surface area contributed by atoms with Crippen LogP contribution in [0.15, 0.2) is 54.2 Å². The Labute approximate surface area is 194 Å². The van der Waals surface area contributed by atoms with Crippen molar-refractivity contribution in [2.45, 2.75) is 39.7 Å². The van der Waals surface area contributed by atoms with Crippen LogP contribution in [0.1, 0.15) is 36.5 Å². The lowest BCUT2D eigenvalue weighted by Crippen LogP contribution is -2.49. The minimum atomic E-state index is -0.352. The molecular weight excluding hydrogens is 418 g/mol. The van der Waals surface area contributed by atoms with E-state index < -0.39 is 0 Å². The maximum absolute atomic E-state index is 13.6. The molecular formula is C26H29N3O4. The first kappa shape index (κ1) is 22.6. The number of nitrogens with zero attached hydrogens (tertiary/aromatic N) is 2. The molecule has 7 heteroatoms. The predicted molar refractivity (Wildman–Crippen MR) is 126 cm³/mol. The summed E-state index contributed by atoms with van der Waals surface area (Å²) in [5, 5.41) is 3.26. The van der Waals surface area contributed by atoms with Crippen LogP contribution in [-0.2, 0) is 14.3 Å². The zero-order valence-corrected chi connectivity index (χ0v) is 19.3. The average molecular weight is 448 g/mol. The number of hydrogen-bond donors (Lipinski definition) is 1. The van der Waals surface area contributed by atoms with Crippen molar-refractivity contribution in [2.75, 3.05) is 25.0 Å². The Bertz CT molecular complexity index is 1100. The number of imide groups is 1. The number of anilines is 1. The van der Waals surface area contributed by atoms with Gasteiger partial charge in [-0.05, 0) is 50.8 Å². The minimum Gasteiger partial charge on any atom is -0.450 e. The standard InChI is InChI=1S/C26H29N3O4/c1-4-33-26(32)28-14-12-20(13-15-28)29-24(30)22(19-8-6-5-7-9-19)23(25(29)31)27-21-11-10-17(2)16-18(21)3/h5-11,16,20,27H,4,12-15H2,1-3H3. The number of aryl methyl sites for hydroxylation is 2. The third-order valence-corrected chi connectivity index (χ3v) is 6.18. The number of nitrogens with one attached hydrogen (secondary N) is 1. The van der Waals surface area contributed by atoms with Gasteiger partial charge in [0.25, 0.3) is 11.8 Å². The fourth-order valence-corrected chi connectivity index (χ4v) is 4.48. The van der Waals surface area contributed by atoms with Crippen molar-refractivity contribution in [1.82, 2.24) is 9.80 Å². The largest absolute Gasteiger partial charge is 0.450 e. The van der Waals surface area contributed by atoms with Crippen LogP contribution in [0.25, 0.3) is 5.57 Å². The number of likely N-dealkylation sites (tertiary alicyclic amines) is 1. The summed E-state index contributed by atoms with van der Waals surface area (Å²) in [4.78, 5) is 42.2. The van der Waals surface area contributed by atoms with E-state index in [1.807, 2.05) is 62.4 Å². The first-order valence-corrected chi connectivity index (χ1v) is 11.3. The van der Waals surface area contributed by atoms with Crippen molar-refractivity contribution < 1.29 is 19.1 Å². The molecule has 0 saturated carbocycles. The predicted octanol–water partition coefficient (Wildman–Crippen LogP) is 4.12. The van der Waals surface area contributed by atoms with E-state index in [-0.39, 0.29) is 23.9 Å². The molecule has 3 amide bonds. The smallest absolute Gasteiger partial charge is 0.409 e. The minimum absolute atomic E-state index is 0.271. The fraction of sp³-hybridized carbons (Fsp3) is 0.346. The maximum Gasteiger partial charge on any atom is 0.409 e. The van der Waals surface area contributed by atoms with Gasteiger partial charge in [0, 0.05) is 24.8 Å². The Balaban J connectivity index is 1.62. The second kappa shape index (κ2) is 9.48. The molecule has 2 heterocycles. The third kappa shape index (κ3) is 4.49. The fourth-order valence-electron chi connectivity index (χ4n) is 4.48. The van der Waals surface area contributed by atoms with Gasteiger partial charge in [-0.2, -0.15) is 0 Å². The van der Waals surface area contributed by atoms with E-state index in [0.29, 0.717) is 49.4 Å². The highest BCUT2D eigenvalue weighted by Crippen LogP contribution is 2.34. The molecule has 2 aromatic rings. The van der Waals surface area contributed by atoms with Crippen molar-refractivity contribution in [3.63, 3.8) is 0 Å². The number of carbonyl (C=O) groups is 3. The van der Waals surface area contributed by atoms with Gasteiger partial charge >= 0.3 is 6.09 Å². The van der Waals surface area contributed by atoms with E-state index in [0.717, 1.165) is 16.8 Å². The highest BCUT2D eigenvalue weighted by molar-refractivity contribution is 6.36. The van der Waals surface area contributed by atoms with Gasteiger partial charge in [0.15, 0.2) is 0 Å². The Kier molecular flexibility index (Phi) is 6.49. The second-order valence-electron chi connectivity index (χ2n) is 8.46. The molecule has 0 bridgehead atoms. The van der Waals surface area contributed by atoms with Crippen LogP contribution in [0.2, 0.25) is 0 Å². The molecule has 1 saturated heterocycles. The topological polar surface area (TPSA) is 79.0 Å². The quantitative estimate of drug-likeness (QED) is 0.698. The Morgan fingerprint density at radius 1 is 1.03 bits per heavy atom. The van der Waals surface area contributed by atoms with E-state index in [1.165, 1.54) is 4.90 Å². The lowest BCUT2D eigenvalue weighted by atomic mass is 10.0. The summed E-state index contributed by atoms with van der Waals surface area (Å²) in [6.07, 6.45) is 0.694. The van der Waals surface area contributed by atoms with E-state index in [9.17, 15) is 14.4 Å². The summed E-state index contributed by atoms with van der Waals surface area (Å²) < 4.78 is 5.08. The molecule has 0 unspecified atom stereocenters. The van der Waals surface area contributed by atoms with Crippen molar-refractivity contribution in [1.29, 1.82) is 0 Å². The van der Waals surface area contributed by atoms with E-state index in [1.54, 1.807) is 11.8 Å². The normalized spacial score (nSPS) is 17.1. The van der Waals surface area contributed by atoms with Crippen LogP contribution >= 0.6 is 0 Å². The van der Waals surface area contributed by atoms with Gasteiger partial charge in [-0.25, -0.2) is 4.79 Å². The van der Waals surface area contributed by atoms with Gasteiger partial charge in [-0.15, -0.1) is 0 Å². The summed E-state index contributed by atoms with van der Waals surface area (Å²) in [7, 11) is 0. The highest BCUT2D eigenvalue weighted by Gasteiger charge is 2.44. The molecule has 4 rings (SSSR count). The van der Waals surface area contributed by atoms with Gasteiger partial charge in [0.05, 0.1) is 12.2 Å². The first-order valence-electron chi connectivity index (χ1n) is 11.3. The average Bonchev–Trinajstić information content (AvgIpc) is 3.05. The van der Waals surface area contributed by atoms with Gasteiger partial charge < -0.3 is 15.0 Å². The molecule has 0 spiro atoms. The molecule has 33 heavy (non-hydrogen) atoms. The molecule has 172 valence electrons. The zero-order valence-electron chi connectivity index (χ0n) is 19.3. The summed E-state index contributed by atoms with van der Waals surface area (Å²) in [5.74, 6) is -0.624. The molecule has 7 nitrogen and oxygen atoms in total. The van der Waals surface area contributed by atoms with Crippen molar-refractivity contribution in [3.8, 4) is 0 Å². The maximum atomic E-state index is 13.6. The highest BCUT2D eigenvalue weighted by atomic mass is 16.6. The number of hydrogen-bond acceptors (Lipinski definition) is 5. The van der Waals surface area contributed by atoms with Crippen LogP contribution in [0.4, 0.5) is 10.5 Å². The summed E-state index contributed by atoms with van der Waals surface area (Å²) in [6, 6.07) is 15.0. The molecule has 1 fully saturated rings. The van der Waals surface area contributed by atoms with Crippen LogP contribution in [0, 0.1) is 13.8 Å². The Morgan fingerprint density at radius 3 is 2.36 bits per heavy atom. The van der Waals surface area contributed by atoms with E-state index in [2.05, 4.69) is 5.32 Å². The van der Waals surface area contributed by atoms with Crippen LogP contribution in [0.5, 0.6) is 0 Å². The number of benzene rings is 2. The number of rotatable bonds is 5. The van der Waals surface area contributed by atoms with E-state index in [4.69, 9.17) is 4.74 Å². The van der Waals surface area contributed by atoms with Crippen molar-refractivity contribution in [2.24, 2.45) is 0 Å². The SMILES string of the molecule is CCOC(=O)N1CCC(N2C(=O)C(Nc3ccc(C)cc3C)=C(c3ccccc3)C2=O)CC1. The van der Waals surface area contributed by atoms with Crippen LogP contribution in [0.3, 0.4) is 0 Å². The van der Waals surface area contributed by atoms with Crippen molar-refractivity contribution in [3.05, 3.63) is 70.9 Å². The summed E-state index contributed by atoms with van der Waals surface area (Å²) >= 11 is 0. The molecule has 0 aliphatic carbocycles. The van der Waals surface area contributed by atoms with Gasteiger partial charge in [-0.3, -0.25) is 14.5 Å². The molecule has 0 atom stereocenters. The first-order chi connectivity index (χ1) is 15.9. The van der Waals surface area contributed by atoms with Crippen LogP contribution in [-0.4, -0.2) is 53.4 Å². The molecule has 2 aliphatic heterocycles. The van der Waals surface area contributed by atoms with E-state index >= 15 is 0 Å². The number of piperidine rings is 1. The van der Waals surface area contributed by atoms with Gasteiger partial charge in [0.2, 0.25) is 0 Å². The molecule has 2 aliphatic rings. The Morgan fingerprint density at radius 2 is 1.73 bits per heavy atom. The lowest BCUT2D eigenvalue weighted by molar-refractivity contribution is -0.140. The number of amides is 3. The number of ether oxygens (including phenoxy) is 1. The molecule has 0 aromatic heterocycles.